The molecule has 0 spiro atoms. The second kappa shape index (κ2) is 7.96. The van der Waals surface area contributed by atoms with Gasteiger partial charge < -0.3 is 10.2 Å². The number of anilines is 2. The number of piperidine rings is 1. The summed E-state index contributed by atoms with van der Waals surface area (Å²) >= 11 is 1.52. The Kier molecular flexibility index (Phi) is 5.25. The zero-order valence-corrected chi connectivity index (χ0v) is 15.6. The van der Waals surface area contributed by atoms with Crippen LogP contribution in [0.25, 0.3) is 0 Å². The first-order valence-corrected chi connectivity index (χ1v) is 10.2. The predicted octanol–water partition coefficient (Wildman–Crippen LogP) is 4.63. The summed E-state index contributed by atoms with van der Waals surface area (Å²) in [7, 11) is 0. The average molecular weight is 366 g/mol. The van der Waals surface area contributed by atoms with E-state index in [0.717, 1.165) is 35.9 Å². The zero-order chi connectivity index (χ0) is 17.8. The summed E-state index contributed by atoms with van der Waals surface area (Å²) < 4.78 is 0. The Morgan fingerprint density at radius 2 is 1.81 bits per heavy atom. The molecule has 2 heterocycles. The minimum atomic E-state index is 0.0133. The van der Waals surface area contributed by atoms with Gasteiger partial charge in [-0.05, 0) is 55.2 Å². The molecule has 0 aliphatic carbocycles. The smallest absolute Gasteiger partial charge is 0.234 e. The number of rotatable bonds is 4. The van der Waals surface area contributed by atoms with Gasteiger partial charge in [0.2, 0.25) is 5.91 Å². The van der Waals surface area contributed by atoms with E-state index in [1.807, 2.05) is 30.3 Å². The Labute approximate surface area is 158 Å². The molecule has 26 heavy (non-hydrogen) atoms. The van der Waals surface area contributed by atoms with Crippen LogP contribution in [0.5, 0.6) is 0 Å². The predicted molar refractivity (Wildman–Crippen MR) is 111 cm³/mol. The van der Waals surface area contributed by atoms with Gasteiger partial charge in [-0.1, -0.05) is 18.2 Å². The van der Waals surface area contributed by atoms with Crippen LogP contribution in [0, 0.1) is 0 Å². The maximum absolute atomic E-state index is 12.2. The van der Waals surface area contributed by atoms with Gasteiger partial charge >= 0.3 is 0 Å². The molecule has 0 radical (unpaired) electrons. The third kappa shape index (κ3) is 4.10. The molecule has 1 amide bonds. The van der Waals surface area contributed by atoms with Crippen molar-refractivity contribution in [2.45, 2.75) is 25.7 Å². The van der Waals surface area contributed by atoms with E-state index in [0.29, 0.717) is 5.75 Å². The summed E-state index contributed by atoms with van der Waals surface area (Å²) in [5.41, 5.74) is 4.37. The Bertz CT molecular complexity index is 810. The fourth-order valence-corrected chi connectivity index (χ4v) is 4.23. The van der Waals surface area contributed by atoms with Crippen LogP contribution < -0.4 is 10.2 Å². The van der Waals surface area contributed by atoms with Crippen LogP contribution in [0.4, 0.5) is 17.1 Å². The van der Waals surface area contributed by atoms with Crippen LogP contribution in [-0.2, 0) is 11.2 Å². The molecule has 2 aliphatic heterocycles. The summed E-state index contributed by atoms with van der Waals surface area (Å²) in [6.07, 6.45) is 4.70. The molecule has 4 rings (SSSR count). The van der Waals surface area contributed by atoms with Crippen LogP contribution in [-0.4, -0.2) is 29.8 Å². The van der Waals surface area contributed by atoms with E-state index in [1.165, 1.54) is 42.3 Å². The first kappa shape index (κ1) is 17.2. The maximum Gasteiger partial charge on any atom is 0.234 e. The van der Waals surface area contributed by atoms with Crippen LogP contribution in [0.3, 0.4) is 0 Å². The lowest BCUT2D eigenvalue weighted by molar-refractivity contribution is -0.113. The van der Waals surface area contributed by atoms with Gasteiger partial charge in [-0.25, -0.2) is 4.99 Å². The highest BCUT2D eigenvalue weighted by Crippen LogP contribution is 2.29. The molecule has 0 aromatic heterocycles. The van der Waals surface area contributed by atoms with E-state index in [4.69, 9.17) is 0 Å². The Balaban J connectivity index is 1.27. The molecule has 1 fully saturated rings. The van der Waals surface area contributed by atoms with Crippen molar-refractivity contribution in [2.75, 3.05) is 29.1 Å². The van der Waals surface area contributed by atoms with E-state index in [2.05, 4.69) is 33.4 Å². The van der Waals surface area contributed by atoms with Gasteiger partial charge in [0.1, 0.15) is 0 Å². The molecule has 0 atom stereocenters. The summed E-state index contributed by atoms with van der Waals surface area (Å²) in [6, 6.07) is 16.3. The molecule has 1 saturated heterocycles. The van der Waals surface area contributed by atoms with Gasteiger partial charge in [0, 0.05) is 30.9 Å². The Morgan fingerprint density at radius 3 is 2.58 bits per heavy atom. The monoisotopic (exact) mass is 365 g/mol. The topological polar surface area (TPSA) is 44.7 Å². The molecule has 0 unspecified atom stereocenters. The van der Waals surface area contributed by atoms with Crippen molar-refractivity contribution >= 4 is 39.8 Å². The van der Waals surface area contributed by atoms with E-state index in [-0.39, 0.29) is 5.91 Å². The lowest BCUT2D eigenvalue weighted by Crippen LogP contribution is -2.29. The fourth-order valence-electron chi connectivity index (χ4n) is 3.44. The second-order valence-electron chi connectivity index (χ2n) is 6.74. The average Bonchev–Trinajstić information content (AvgIpc) is 3.11. The highest BCUT2D eigenvalue weighted by molar-refractivity contribution is 8.14. The van der Waals surface area contributed by atoms with Crippen LogP contribution >= 0.6 is 11.8 Å². The zero-order valence-electron chi connectivity index (χ0n) is 14.8. The number of amides is 1. The molecule has 2 aliphatic rings. The van der Waals surface area contributed by atoms with Crippen LogP contribution in [0.2, 0.25) is 0 Å². The first-order chi connectivity index (χ1) is 12.8. The molecule has 0 saturated carbocycles. The number of carbonyl (C=O) groups is 1. The molecule has 1 N–H and O–H groups in total. The minimum absolute atomic E-state index is 0.0133. The van der Waals surface area contributed by atoms with Gasteiger partial charge in [-0.3, -0.25) is 4.79 Å². The highest BCUT2D eigenvalue weighted by atomic mass is 32.2. The minimum Gasteiger partial charge on any atom is -0.372 e. The van der Waals surface area contributed by atoms with E-state index in [1.54, 1.807) is 0 Å². The SMILES string of the molecule is O=C(CSC1=Nc2ccccc2C1)Nc1ccc(N2CCCCC2)cc1. The van der Waals surface area contributed by atoms with Crippen molar-refractivity contribution in [3.05, 3.63) is 54.1 Å². The quantitative estimate of drug-likeness (QED) is 0.859. The summed E-state index contributed by atoms with van der Waals surface area (Å²) in [5.74, 6) is 0.403. The van der Waals surface area contributed by atoms with Crippen LogP contribution in [0.1, 0.15) is 24.8 Å². The van der Waals surface area contributed by atoms with E-state index in [9.17, 15) is 4.79 Å². The lowest BCUT2D eigenvalue weighted by Gasteiger charge is -2.28. The molecule has 4 nitrogen and oxygen atoms in total. The number of para-hydroxylation sites is 1. The Hall–Kier alpha value is -2.27. The van der Waals surface area contributed by atoms with Crippen molar-refractivity contribution in [2.24, 2.45) is 4.99 Å². The number of hydrogen-bond acceptors (Lipinski definition) is 4. The standard InChI is InChI=1S/C21H23N3OS/c25-20(15-26-21-14-16-6-2-3-7-19(16)23-21)22-17-8-10-18(11-9-17)24-12-4-1-5-13-24/h2-3,6-11H,1,4-5,12-15H2,(H,22,25). The van der Waals surface area contributed by atoms with Crippen LogP contribution in [0.15, 0.2) is 53.5 Å². The second-order valence-corrected chi connectivity index (χ2v) is 7.79. The van der Waals surface area contributed by atoms with Crippen molar-refractivity contribution in [3.63, 3.8) is 0 Å². The van der Waals surface area contributed by atoms with Crippen molar-refractivity contribution < 1.29 is 4.79 Å². The molecule has 0 bridgehead atoms. The number of fused-ring (bicyclic) bond motifs is 1. The third-order valence-electron chi connectivity index (χ3n) is 4.82. The molecule has 2 aromatic rings. The molecular weight excluding hydrogens is 342 g/mol. The summed E-state index contributed by atoms with van der Waals surface area (Å²) in [6.45, 7) is 2.26. The van der Waals surface area contributed by atoms with Crippen molar-refractivity contribution in [3.8, 4) is 0 Å². The van der Waals surface area contributed by atoms with Gasteiger partial charge in [-0.2, -0.15) is 0 Å². The maximum atomic E-state index is 12.2. The first-order valence-electron chi connectivity index (χ1n) is 9.21. The molecular formula is C21H23N3OS. The molecule has 134 valence electrons. The van der Waals surface area contributed by atoms with Gasteiger partial charge in [0.15, 0.2) is 0 Å². The number of nitrogens with zero attached hydrogens (tertiary/aromatic N) is 2. The largest absolute Gasteiger partial charge is 0.372 e. The molecule has 5 heteroatoms. The number of hydrogen-bond donors (Lipinski definition) is 1. The van der Waals surface area contributed by atoms with Gasteiger partial charge in [-0.15, -0.1) is 11.8 Å². The number of benzene rings is 2. The van der Waals surface area contributed by atoms with E-state index >= 15 is 0 Å². The van der Waals surface area contributed by atoms with Gasteiger partial charge in [0.25, 0.3) is 0 Å². The fraction of sp³-hybridized carbons (Fsp3) is 0.333. The summed E-state index contributed by atoms with van der Waals surface area (Å²) in [4.78, 5) is 19.2. The summed E-state index contributed by atoms with van der Waals surface area (Å²) in [5, 5.41) is 4.00. The normalized spacial score (nSPS) is 16.2. The molecule has 2 aromatic carbocycles. The highest BCUT2D eigenvalue weighted by Gasteiger charge is 2.16. The number of nitrogens with one attached hydrogen (secondary N) is 1. The van der Waals surface area contributed by atoms with Gasteiger partial charge in [0.05, 0.1) is 16.5 Å². The van der Waals surface area contributed by atoms with Crippen molar-refractivity contribution in [1.82, 2.24) is 0 Å². The number of aliphatic imine (C=N–C) groups is 1. The van der Waals surface area contributed by atoms with Crippen molar-refractivity contribution in [1.29, 1.82) is 0 Å². The third-order valence-corrected chi connectivity index (χ3v) is 5.80. The number of thioether (sulfide) groups is 1. The Morgan fingerprint density at radius 1 is 1.04 bits per heavy atom. The number of carbonyl (C=O) groups excluding carboxylic acids is 1. The van der Waals surface area contributed by atoms with E-state index < -0.39 is 0 Å². The lowest BCUT2D eigenvalue weighted by atomic mass is 10.1.